The van der Waals surface area contributed by atoms with Gasteiger partial charge in [-0.1, -0.05) is 6.07 Å². The van der Waals surface area contributed by atoms with Crippen LogP contribution >= 0.6 is 0 Å². The number of rotatable bonds is 7. The number of nitrogens with one attached hydrogen (secondary N) is 2. The Balaban J connectivity index is 1.82. The molecule has 0 aliphatic heterocycles. The van der Waals surface area contributed by atoms with E-state index in [-0.39, 0.29) is 19.6 Å². The molecule has 0 radical (unpaired) electrons. The van der Waals surface area contributed by atoms with Crippen LogP contribution in [0.3, 0.4) is 0 Å². The van der Waals surface area contributed by atoms with E-state index in [1.165, 1.54) is 19.2 Å². The molecule has 0 atom stereocenters. The van der Waals surface area contributed by atoms with Crippen molar-refractivity contribution in [1.82, 2.24) is 10.6 Å². The van der Waals surface area contributed by atoms with Gasteiger partial charge in [-0.15, -0.1) is 0 Å². The molecule has 1 aliphatic carbocycles. The van der Waals surface area contributed by atoms with Gasteiger partial charge in [-0.05, 0) is 37.0 Å². The minimum atomic E-state index is -4.22. The lowest BCUT2D eigenvalue weighted by Crippen LogP contribution is -2.43. The molecular weight excluding hydrogens is 328 g/mol. The Bertz CT molecular complexity index is 586. The molecule has 134 valence electrons. The quantitative estimate of drug-likeness (QED) is 0.739. The zero-order chi connectivity index (χ0) is 17.8. The van der Waals surface area contributed by atoms with Gasteiger partial charge in [0.1, 0.15) is 5.82 Å². The van der Waals surface area contributed by atoms with E-state index in [2.05, 4.69) is 10.6 Å². The SMILES string of the molecule is COCc1cc(CNC(=O)NC2(CCC(F)(F)F)CC2)ccc1F. The van der Waals surface area contributed by atoms with Crippen LogP contribution in [-0.2, 0) is 17.9 Å². The molecule has 0 heterocycles. The Labute approximate surface area is 137 Å². The van der Waals surface area contributed by atoms with Crippen LogP contribution in [0.4, 0.5) is 22.4 Å². The first-order chi connectivity index (χ1) is 11.2. The molecule has 2 N–H and O–H groups in total. The molecule has 0 saturated heterocycles. The molecule has 4 nitrogen and oxygen atoms in total. The summed E-state index contributed by atoms with van der Waals surface area (Å²) in [4.78, 5) is 11.9. The number of hydrogen-bond acceptors (Lipinski definition) is 2. The number of carbonyl (C=O) groups excluding carboxylic acids is 1. The van der Waals surface area contributed by atoms with Gasteiger partial charge >= 0.3 is 12.2 Å². The number of urea groups is 1. The number of methoxy groups -OCH3 is 1. The molecule has 2 amide bonds. The number of halogens is 4. The maximum absolute atomic E-state index is 13.5. The zero-order valence-electron chi connectivity index (χ0n) is 13.3. The summed E-state index contributed by atoms with van der Waals surface area (Å²) < 4.78 is 55.2. The maximum Gasteiger partial charge on any atom is 0.389 e. The lowest BCUT2D eigenvalue weighted by atomic mass is 10.1. The van der Waals surface area contributed by atoms with Crippen molar-refractivity contribution in [2.24, 2.45) is 0 Å². The first-order valence-electron chi connectivity index (χ1n) is 7.62. The first-order valence-corrected chi connectivity index (χ1v) is 7.62. The second kappa shape index (κ2) is 7.38. The summed E-state index contributed by atoms with van der Waals surface area (Å²) in [6.45, 7) is 0.268. The van der Waals surface area contributed by atoms with Crippen molar-refractivity contribution in [3.63, 3.8) is 0 Å². The molecule has 8 heteroatoms. The molecule has 2 rings (SSSR count). The van der Waals surface area contributed by atoms with Gasteiger partial charge in [-0.25, -0.2) is 9.18 Å². The lowest BCUT2D eigenvalue weighted by Gasteiger charge is -2.19. The first kappa shape index (κ1) is 18.5. The molecular formula is C16H20F4N2O2. The number of amides is 2. The van der Waals surface area contributed by atoms with Crippen LogP contribution in [0, 0.1) is 5.82 Å². The summed E-state index contributed by atoms with van der Waals surface area (Å²) in [5, 5.41) is 5.20. The maximum atomic E-state index is 13.5. The Morgan fingerprint density at radius 1 is 1.33 bits per heavy atom. The van der Waals surface area contributed by atoms with E-state index in [9.17, 15) is 22.4 Å². The highest BCUT2D eigenvalue weighted by Gasteiger charge is 2.46. The number of benzene rings is 1. The fraction of sp³-hybridized carbons (Fsp3) is 0.562. The lowest BCUT2D eigenvalue weighted by molar-refractivity contribution is -0.137. The van der Waals surface area contributed by atoms with Crippen LogP contribution in [0.5, 0.6) is 0 Å². The van der Waals surface area contributed by atoms with Crippen molar-refractivity contribution in [1.29, 1.82) is 0 Å². The normalized spacial score (nSPS) is 15.9. The van der Waals surface area contributed by atoms with Gasteiger partial charge in [0.15, 0.2) is 0 Å². The van der Waals surface area contributed by atoms with Crippen LogP contribution < -0.4 is 10.6 Å². The monoisotopic (exact) mass is 348 g/mol. The smallest absolute Gasteiger partial charge is 0.380 e. The molecule has 1 saturated carbocycles. The van der Waals surface area contributed by atoms with E-state index < -0.39 is 30.0 Å². The van der Waals surface area contributed by atoms with E-state index >= 15 is 0 Å². The highest BCUT2D eigenvalue weighted by atomic mass is 19.4. The summed E-state index contributed by atoms with van der Waals surface area (Å²) in [5.74, 6) is -0.394. The fourth-order valence-electron chi connectivity index (χ4n) is 2.44. The largest absolute Gasteiger partial charge is 0.389 e. The second-order valence-corrected chi connectivity index (χ2v) is 6.06. The molecule has 0 spiro atoms. The zero-order valence-corrected chi connectivity index (χ0v) is 13.3. The molecule has 1 aromatic rings. The van der Waals surface area contributed by atoms with Crippen LogP contribution in [0.25, 0.3) is 0 Å². The van der Waals surface area contributed by atoms with E-state index in [1.54, 1.807) is 6.07 Å². The average molecular weight is 348 g/mol. The summed E-state index contributed by atoms with van der Waals surface area (Å²) in [6, 6.07) is 3.88. The van der Waals surface area contributed by atoms with Gasteiger partial charge in [0, 0.05) is 31.2 Å². The predicted molar refractivity (Wildman–Crippen MR) is 79.7 cm³/mol. The van der Waals surface area contributed by atoms with Crippen LogP contribution in [-0.4, -0.2) is 24.9 Å². The summed E-state index contributed by atoms with van der Waals surface area (Å²) in [5.41, 5.74) is 0.309. The number of ether oxygens (including phenoxy) is 1. The van der Waals surface area contributed by atoms with Gasteiger partial charge in [-0.2, -0.15) is 13.2 Å². The van der Waals surface area contributed by atoms with Gasteiger partial charge in [0.25, 0.3) is 0 Å². The molecule has 1 fully saturated rings. The molecule has 24 heavy (non-hydrogen) atoms. The van der Waals surface area contributed by atoms with E-state index in [4.69, 9.17) is 4.74 Å². The van der Waals surface area contributed by atoms with Crippen molar-refractivity contribution in [2.45, 2.75) is 50.6 Å². The number of carbonyl (C=O) groups is 1. The summed E-state index contributed by atoms with van der Waals surface area (Å²) in [6.07, 6.45) is -4.15. The van der Waals surface area contributed by atoms with Crippen LogP contribution in [0.2, 0.25) is 0 Å². The minimum absolute atomic E-state index is 0.113. The average Bonchev–Trinajstić information content (AvgIpc) is 3.26. The van der Waals surface area contributed by atoms with Gasteiger partial charge in [-0.3, -0.25) is 0 Å². The van der Waals surface area contributed by atoms with E-state index in [0.717, 1.165) is 0 Å². The Morgan fingerprint density at radius 3 is 2.62 bits per heavy atom. The van der Waals surface area contributed by atoms with Gasteiger partial charge in [0.05, 0.1) is 6.61 Å². The topological polar surface area (TPSA) is 50.4 Å². The molecule has 1 aliphatic rings. The van der Waals surface area contributed by atoms with Crippen molar-refractivity contribution in [2.75, 3.05) is 7.11 Å². The predicted octanol–water partition coefficient (Wildman–Crippen LogP) is 3.65. The van der Waals surface area contributed by atoms with Crippen molar-refractivity contribution < 1.29 is 27.1 Å². The highest BCUT2D eigenvalue weighted by molar-refractivity contribution is 5.75. The third-order valence-electron chi connectivity index (χ3n) is 3.98. The minimum Gasteiger partial charge on any atom is -0.380 e. The van der Waals surface area contributed by atoms with Crippen molar-refractivity contribution in [3.05, 3.63) is 35.1 Å². The standard InChI is InChI=1S/C16H20F4N2O2/c1-24-10-12-8-11(2-3-13(12)17)9-21-14(23)22-15(4-5-15)6-7-16(18,19)20/h2-3,8H,4-7,9-10H2,1H3,(H2,21,22,23). The van der Waals surface area contributed by atoms with Crippen molar-refractivity contribution >= 4 is 6.03 Å². The molecule has 0 aromatic heterocycles. The number of hydrogen-bond donors (Lipinski definition) is 2. The molecule has 0 unspecified atom stereocenters. The van der Waals surface area contributed by atoms with Crippen LogP contribution in [0.15, 0.2) is 18.2 Å². The van der Waals surface area contributed by atoms with E-state index in [0.29, 0.717) is 24.0 Å². The van der Waals surface area contributed by atoms with E-state index in [1.807, 2.05) is 0 Å². The van der Waals surface area contributed by atoms with Gasteiger partial charge < -0.3 is 15.4 Å². The Morgan fingerprint density at radius 2 is 2.04 bits per heavy atom. The number of alkyl halides is 3. The Kier molecular flexibility index (Phi) is 5.69. The third-order valence-corrected chi connectivity index (χ3v) is 3.98. The Hall–Kier alpha value is -1.83. The second-order valence-electron chi connectivity index (χ2n) is 6.06. The van der Waals surface area contributed by atoms with Gasteiger partial charge in [0.2, 0.25) is 0 Å². The van der Waals surface area contributed by atoms with Crippen LogP contribution in [0.1, 0.15) is 36.8 Å². The fourth-order valence-corrected chi connectivity index (χ4v) is 2.44. The highest BCUT2D eigenvalue weighted by Crippen LogP contribution is 2.42. The summed E-state index contributed by atoms with van der Waals surface area (Å²) in [7, 11) is 1.45. The third kappa shape index (κ3) is 5.67. The molecule has 1 aromatic carbocycles. The molecule has 0 bridgehead atoms. The van der Waals surface area contributed by atoms with Crippen molar-refractivity contribution in [3.8, 4) is 0 Å². The summed E-state index contributed by atoms with van der Waals surface area (Å²) >= 11 is 0.